The maximum atomic E-state index is 12.6. The van der Waals surface area contributed by atoms with E-state index >= 15 is 0 Å². The van der Waals surface area contributed by atoms with Crippen LogP contribution in [0, 0.1) is 11.7 Å². The molecule has 0 N–H and O–H groups in total. The molecule has 2 rings (SSSR count). The van der Waals surface area contributed by atoms with Crippen LogP contribution in [-0.4, -0.2) is 13.6 Å². The number of benzene rings is 1. The van der Waals surface area contributed by atoms with Crippen molar-refractivity contribution in [3.63, 3.8) is 0 Å². The maximum Gasteiger partial charge on any atom is 0.123 e. The van der Waals surface area contributed by atoms with Crippen molar-refractivity contribution < 1.29 is 4.39 Å². The zero-order chi connectivity index (χ0) is 9.26. The van der Waals surface area contributed by atoms with Crippen LogP contribution in [0.15, 0.2) is 24.3 Å². The molecule has 1 fully saturated rings. The second-order valence-electron chi connectivity index (χ2n) is 3.80. The lowest BCUT2D eigenvalue weighted by Gasteiger charge is -2.18. The van der Waals surface area contributed by atoms with Crippen molar-refractivity contribution >= 4 is 5.69 Å². The monoisotopic (exact) mass is 179 g/mol. The quantitative estimate of drug-likeness (QED) is 0.689. The zero-order valence-corrected chi connectivity index (χ0v) is 7.83. The fourth-order valence-corrected chi connectivity index (χ4v) is 1.49. The van der Waals surface area contributed by atoms with Gasteiger partial charge >= 0.3 is 0 Å². The fraction of sp³-hybridized carbons (Fsp3) is 0.455. The Kier molecular flexibility index (Phi) is 2.21. The Morgan fingerprint density at radius 2 is 1.92 bits per heavy atom. The Labute approximate surface area is 78.2 Å². The molecule has 0 amide bonds. The van der Waals surface area contributed by atoms with Crippen LogP contribution >= 0.6 is 0 Å². The number of hydrogen-bond donors (Lipinski definition) is 0. The van der Waals surface area contributed by atoms with Crippen molar-refractivity contribution in [2.45, 2.75) is 12.8 Å². The number of anilines is 1. The van der Waals surface area contributed by atoms with Gasteiger partial charge in [0, 0.05) is 19.3 Å². The van der Waals surface area contributed by atoms with E-state index in [0.29, 0.717) is 0 Å². The Morgan fingerprint density at radius 3 is 2.46 bits per heavy atom. The average molecular weight is 179 g/mol. The van der Waals surface area contributed by atoms with Crippen molar-refractivity contribution in [1.82, 2.24) is 0 Å². The zero-order valence-electron chi connectivity index (χ0n) is 7.83. The van der Waals surface area contributed by atoms with Crippen molar-refractivity contribution in [1.29, 1.82) is 0 Å². The van der Waals surface area contributed by atoms with Crippen LogP contribution in [0.3, 0.4) is 0 Å². The second kappa shape index (κ2) is 3.36. The van der Waals surface area contributed by atoms with Crippen LogP contribution in [0.2, 0.25) is 0 Å². The summed E-state index contributed by atoms with van der Waals surface area (Å²) in [6.07, 6.45) is 2.71. The van der Waals surface area contributed by atoms with Crippen LogP contribution in [0.25, 0.3) is 0 Å². The topological polar surface area (TPSA) is 3.24 Å². The van der Waals surface area contributed by atoms with Gasteiger partial charge in [-0.3, -0.25) is 0 Å². The first-order valence-electron chi connectivity index (χ1n) is 4.72. The average Bonchev–Trinajstić information content (AvgIpc) is 2.89. The van der Waals surface area contributed by atoms with Gasteiger partial charge in [0.25, 0.3) is 0 Å². The van der Waals surface area contributed by atoms with Gasteiger partial charge in [-0.1, -0.05) is 0 Å². The molecule has 0 atom stereocenters. The number of hydrogen-bond acceptors (Lipinski definition) is 1. The molecule has 0 radical (unpaired) electrons. The molecule has 0 aliphatic heterocycles. The molecule has 0 unspecified atom stereocenters. The third kappa shape index (κ3) is 2.20. The minimum atomic E-state index is -0.163. The molecule has 1 aliphatic rings. The minimum absolute atomic E-state index is 0.163. The lowest BCUT2D eigenvalue weighted by atomic mass is 10.2. The van der Waals surface area contributed by atoms with Crippen LogP contribution in [0.1, 0.15) is 12.8 Å². The summed E-state index contributed by atoms with van der Waals surface area (Å²) < 4.78 is 12.6. The normalized spacial score (nSPS) is 15.8. The Morgan fingerprint density at radius 1 is 1.31 bits per heavy atom. The summed E-state index contributed by atoms with van der Waals surface area (Å²) in [5.74, 6) is 0.707. The van der Waals surface area contributed by atoms with Crippen molar-refractivity contribution in [3.05, 3.63) is 30.1 Å². The van der Waals surface area contributed by atoms with E-state index in [0.717, 1.165) is 18.2 Å². The lowest BCUT2D eigenvalue weighted by Crippen LogP contribution is -2.19. The van der Waals surface area contributed by atoms with E-state index in [1.165, 1.54) is 25.0 Å². The Hall–Kier alpha value is -1.05. The summed E-state index contributed by atoms with van der Waals surface area (Å²) >= 11 is 0. The summed E-state index contributed by atoms with van der Waals surface area (Å²) in [6, 6.07) is 6.69. The van der Waals surface area contributed by atoms with E-state index < -0.39 is 0 Å². The van der Waals surface area contributed by atoms with Gasteiger partial charge in [0.2, 0.25) is 0 Å². The lowest BCUT2D eigenvalue weighted by molar-refractivity contribution is 0.627. The van der Waals surface area contributed by atoms with Crippen molar-refractivity contribution in [3.8, 4) is 0 Å². The van der Waals surface area contributed by atoms with Gasteiger partial charge in [-0.2, -0.15) is 0 Å². The van der Waals surface area contributed by atoms with Gasteiger partial charge in [-0.25, -0.2) is 4.39 Å². The molecule has 0 aromatic heterocycles. The molecule has 1 aromatic carbocycles. The van der Waals surface area contributed by atoms with Crippen LogP contribution < -0.4 is 4.90 Å². The van der Waals surface area contributed by atoms with E-state index in [1.54, 1.807) is 0 Å². The summed E-state index contributed by atoms with van der Waals surface area (Å²) in [7, 11) is 2.06. The van der Waals surface area contributed by atoms with E-state index in [2.05, 4.69) is 11.9 Å². The first-order chi connectivity index (χ1) is 6.25. The summed E-state index contributed by atoms with van der Waals surface area (Å²) in [6.45, 7) is 1.10. The number of rotatable bonds is 3. The molecule has 13 heavy (non-hydrogen) atoms. The van der Waals surface area contributed by atoms with Gasteiger partial charge < -0.3 is 4.90 Å². The van der Waals surface area contributed by atoms with Crippen LogP contribution in [-0.2, 0) is 0 Å². The fourth-order valence-electron chi connectivity index (χ4n) is 1.49. The van der Waals surface area contributed by atoms with E-state index in [1.807, 2.05) is 12.1 Å². The standard InChI is InChI=1S/C11H14FN/c1-13(8-9-2-3-9)11-6-4-10(12)5-7-11/h4-7,9H,2-3,8H2,1H3. The van der Waals surface area contributed by atoms with Crippen LogP contribution in [0.5, 0.6) is 0 Å². The van der Waals surface area contributed by atoms with Crippen molar-refractivity contribution in [2.75, 3.05) is 18.5 Å². The number of nitrogens with zero attached hydrogens (tertiary/aromatic N) is 1. The molecular formula is C11H14FN. The highest BCUT2D eigenvalue weighted by Gasteiger charge is 2.22. The van der Waals surface area contributed by atoms with Gasteiger partial charge in [-0.15, -0.1) is 0 Å². The predicted octanol–water partition coefficient (Wildman–Crippen LogP) is 2.67. The molecule has 1 aliphatic carbocycles. The highest BCUT2D eigenvalue weighted by Crippen LogP contribution is 2.30. The SMILES string of the molecule is CN(CC1CC1)c1ccc(F)cc1. The minimum Gasteiger partial charge on any atom is -0.374 e. The van der Waals surface area contributed by atoms with Gasteiger partial charge in [0.05, 0.1) is 0 Å². The molecule has 2 heteroatoms. The van der Waals surface area contributed by atoms with Gasteiger partial charge in [0.15, 0.2) is 0 Å². The highest BCUT2D eigenvalue weighted by molar-refractivity contribution is 5.45. The van der Waals surface area contributed by atoms with Crippen molar-refractivity contribution in [2.24, 2.45) is 5.92 Å². The molecule has 0 spiro atoms. The Bertz CT molecular complexity index is 277. The summed E-state index contributed by atoms with van der Waals surface area (Å²) in [4.78, 5) is 2.19. The summed E-state index contributed by atoms with van der Waals surface area (Å²) in [5.41, 5.74) is 1.10. The molecule has 1 aromatic rings. The largest absolute Gasteiger partial charge is 0.374 e. The number of halogens is 1. The second-order valence-corrected chi connectivity index (χ2v) is 3.80. The van der Waals surface area contributed by atoms with E-state index in [4.69, 9.17) is 0 Å². The maximum absolute atomic E-state index is 12.6. The molecule has 0 saturated heterocycles. The van der Waals surface area contributed by atoms with Gasteiger partial charge in [-0.05, 0) is 43.0 Å². The molecule has 70 valence electrons. The third-order valence-electron chi connectivity index (χ3n) is 2.50. The summed E-state index contributed by atoms with van der Waals surface area (Å²) in [5, 5.41) is 0. The highest BCUT2D eigenvalue weighted by atomic mass is 19.1. The molecule has 0 bridgehead atoms. The predicted molar refractivity (Wildman–Crippen MR) is 52.4 cm³/mol. The van der Waals surface area contributed by atoms with Crippen LogP contribution in [0.4, 0.5) is 10.1 Å². The van der Waals surface area contributed by atoms with E-state index in [-0.39, 0.29) is 5.82 Å². The first kappa shape index (κ1) is 8.54. The smallest absolute Gasteiger partial charge is 0.123 e. The third-order valence-corrected chi connectivity index (χ3v) is 2.50. The first-order valence-corrected chi connectivity index (χ1v) is 4.72. The molecular weight excluding hydrogens is 165 g/mol. The molecule has 0 heterocycles. The molecule has 1 nitrogen and oxygen atoms in total. The van der Waals surface area contributed by atoms with E-state index in [9.17, 15) is 4.39 Å². The van der Waals surface area contributed by atoms with Gasteiger partial charge in [0.1, 0.15) is 5.82 Å². The molecule has 1 saturated carbocycles. The Balaban J connectivity index is 2.01.